The van der Waals surface area contributed by atoms with Crippen molar-refractivity contribution in [1.29, 1.82) is 0 Å². The third kappa shape index (κ3) is 8.54. The van der Waals surface area contributed by atoms with Crippen LogP contribution in [0, 0.1) is 0 Å². The lowest BCUT2D eigenvalue weighted by Crippen LogP contribution is -2.41. The first-order chi connectivity index (χ1) is 44.0. The van der Waals surface area contributed by atoms with Gasteiger partial charge in [-0.15, -0.1) is 0 Å². The molecule has 0 aliphatic carbocycles. The number of imidazole rings is 2. The van der Waals surface area contributed by atoms with Crippen LogP contribution < -0.4 is 5.46 Å². The number of hydrogen-bond acceptors (Lipinski definition) is 6. The van der Waals surface area contributed by atoms with Crippen LogP contribution in [-0.2, 0) is 9.31 Å². The van der Waals surface area contributed by atoms with Crippen molar-refractivity contribution < 1.29 is 9.31 Å². The van der Waals surface area contributed by atoms with Crippen molar-refractivity contribution in [2.45, 2.75) is 38.9 Å². The molecule has 0 unspecified atom stereocenters. The highest BCUT2D eigenvalue weighted by Crippen LogP contribution is 2.41. The maximum atomic E-state index is 6.29. The minimum absolute atomic E-state index is 0.378. The van der Waals surface area contributed by atoms with E-state index in [9.17, 15) is 0 Å². The zero-order valence-corrected chi connectivity index (χ0v) is 51.3. The summed E-state index contributed by atoms with van der Waals surface area (Å²) >= 11 is 3.57. The van der Waals surface area contributed by atoms with Gasteiger partial charge in [-0.1, -0.05) is 137 Å². The lowest BCUT2D eigenvalue weighted by atomic mass is 9.78. The Labute approximate surface area is 526 Å². The summed E-state index contributed by atoms with van der Waals surface area (Å²) < 4.78 is 22.9. The summed E-state index contributed by atoms with van der Waals surface area (Å²) in [7, 11) is -0.409. The maximum absolute atomic E-state index is 6.29. The highest BCUT2D eigenvalue weighted by molar-refractivity contribution is 9.10. The van der Waals surface area contributed by atoms with Gasteiger partial charge in [0.15, 0.2) is 0 Å². The van der Waals surface area contributed by atoms with Gasteiger partial charge >= 0.3 is 7.12 Å². The largest absolute Gasteiger partial charge is 0.494 e. The first-order valence-electron chi connectivity index (χ1n) is 30.4. The molecule has 18 aromatic rings. The number of aromatic nitrogens is 8. The van der Waals surface area contributed by atoms with Gasteiger partial charge < -0.3 is 18.4 Å². The number of nitrogens with zero attached hydrogens (tertiary/aromatic N) is 8. The van der Waals surface area contributed by atoms with Crippen LogP contribution in [0.15, 0.2) is 272 Å². The van der Waals surface area contributed by atoms with Crippen LogP contribution in [-0.4, -0.2) is 56.2 Å². The van der Waals surface area contributed by atoms with E-state index >= 15 is 0 Å². The van der Waals surface area contributed by atoms with E-state index in [0.29, 0.717) is 0 Å². The molecule has 90 heavy (non-hydrogen) atoms. The molecule has 1 fully saturated rings. The van der Waals surface area contributed by atoms with Crippen molar-refractivity contribution in [3.05, 3.63) is 272 Å². The summed E-state index contributed by atoms with van der Waals surface area (Å²) in [6.07, 6.45) is 3.71. The van der Waals surface area contributed by atoms with Crippen molar-refractivity contribution in [3.63, 3.8) is 0 Å². The smallest absolute Gasteiger partial charge is 0.399 e. The fraction of sp³-hybridized carbons (Fsp3) is 0.0769. The Hall–Kier alpha value is -10.5. The molecule has 430 valence electrons. The molecular formula is C78H56BBrN8O2. The van der Waals surface area contributed by atoms with Gasteiger partial charge in [0.2, 0.25) is 0 Å². The second-order valence-corrected chi connectivity index (χ2v) is 25.1. The Bertz CT molecular complexity index is 5900. The highest BCUT2D eigenvalue weighted by Gasteiger charge is 2.51. The van der Waals surface area contributed by atoms with Crippen molar-refractivity contribution in [2.24, 2.45) is 0 Å². The number of rotatable bonds is 4. The van der Waals surface area contributed by atoms with E-state index in [4.69, 9.17) is 29.2 Å². The minimum atomic E-state index is -0.409. The predicted molar refractivity (Wildman–Crippen MR) is 375 cm³/mol. The summed E-state index contributed by atoms with van der Waals surface area (Å²) in [5.74, 6) is 0. The molecule has 19 rings (SSSR count). The summed E-state index contributed by atoms with van der Waals surface area (Å²) in [4.78, 5) is 19.4. The van der Waals surface area contributed by atoms with Crippen LogP contribution >= 0.6 is 15.9 Å². The number of hydrogen-bond donors (Lipinski definition) is 0. The zero-order chi connectivity index (χ0) is 60.4. The third-order valence-electron chi connectivity index (χ3n) is 18.4. The van der Waals surface area contributed by atoms with Crippen molar-refractivity contribution in [3.8, 4) is 22.5 Å². The number of fused-ring (bicyclic) bond motifs is 22. The molecule has 0 bridgehead atoms. The first-order valence-corrected chi connectivity index (χ1v) is 31.2. The second-order valence-electron chi connectivity index (χ2n) is 24.2. The van der Waals surface area contributed by atoms with E-state index in [-0.39, 0.29) is 11.2 Å². The van der Waals surface area contributed by atoms with E-state index in [1.165, 1.54) is 66.1 Å². The molecule has 0 amide bonds. The second kappa shape index (κ2) is 20.8. The van der Waals surface area contributed by atoms with Crippen molar-refractivity contribution in [1.82, 2.24) is 37.9 Å². The highest BCUT2D eigenvalue weighted by atomic mass is 79.9. The molecule has 8 aromatic heterocycles. The predicted octanol–water partition coefficient (Wildman–Crippen LogP) is 19.0. The van der Waals surface area contributed by atoms with Crippen LogP contribution in [0.2, 0.25) is 0 Å². The van der Waals surface area contributed by atoms with Gasteiger partial charge in [-0.05, 0) is 178 Å². The van der Waals surface area contributed by atoms with E-state index in [1.807, 2.05) is 42.7 Å². The Morgan fingerprint density at radius 1 is 0.344 bits per heavy atom. The quantitative estimate of drug-likeness (QED) is 0.129. The van der Waals surface area contributed by atoms with Crippen LogP contribution in [0.3, 0.4) is 0 Å². The van der Waals surface area contributed by atoms with E-state index in [0.717, 1.165) is 86.9 Å². The van der Waals surface area contributed by atoms with Gasteiger partial charge in [0.25, 0.3) is 0 Å². The lowest BCUT2D eigenvalue weighted by molar-refractivity contribution is 0.00578. The molecule has 0 N–H and O–H groups in total. The maximum Gasteiger partial charge on any atom is 0.494 e. The molecule has 1 aliphatic heterocycles. The number of halogens is 1. The Balaban J connectivity index is 0.000000110. The summed E-state index contributed by atoms with van der Waals surface area (Å²) in [6.45, 7) is 8.30. The average Bonchev–Trinajstić information content (AvgIpc) is 1.47. The molecule has 9 heterocycles. The Morgan fingerprint density at radius 3 is 1.28 bits per heavy atom. The molecular weight excluding hydrogens is 1170 g/mol. The fourth-order valence-corrected chi connectivity index (χ4v) is 13.8. The normalized spacial score (nSPS) is 13.9. The topological polar surface area (TPSA) is 88.7 Å². The van der Waals surface area contributed by atoms with Gasteiger partial charge in [-0.25, -0.2) is 9.97 Å². The van der Waals surface area contributed by atoms with E-state index < -0.39 is 7.12 Å². The van der Waals surface area contributed by atoms with Gasteiger partial charge in [-0.2, -0.15) is 0 Å². The van der Waals surface area contributed by atoms with Crippen molar-refractivity contribution >= 4 is 149 Å². The standard InChI is InChI=1S/C36H22N4.C24H22BN3O2.C18H12BrN/c1-2-9-25(10-3-1)39-31-14-6-4-11-26(31)28-21-23(16-18-32(28)39)24-17-19-33-29(22-24)35-27(12-8-20-37-35)36-38-30-13-5-7-15-34(30)40(33)36;1-23(2)24(3,4)30-25(29-23)15-11-12-19-17(14-15)21-16(8-7-13-26-21)22-27-18-9-5-6-10-20(18)28(19)22;19-13-10-11-18-16(12-13)15-8-4-5-9-17(15)20(18)14-6-2-1-3-7-14/h1-22H;5-14H,1-4H3;1-12H. The van der Waals surface area contributed by atoms with Crippen LogP contribution in [0.4, 0.5) is 0 Å². The molecule has 10 aromatic carbocycles. The van der Waals surface area contributed by atoms with E-state index in [1.54, 1.807) is 0 Å². The molecule has 12 heteroatoms. The Morgan fingerprint density at radius 2 is 0.744 bits per heavy atom. The molecule has 0 radical (unpaired) electrons. The molecule has 1 saturated heterocycles. The molecule has 10 nitrogen and oxygen atoms in total. The zero-order valence-electron chi connectivity index (χ0n) is 49.8. The minimum Gasteiger partial charge on any atom is -0.399 e. The van der Waals surface area contributed by atoms with Gasteiger partial charge in [-0.3, -0.25) is 18.8 Å². The van der Waals surface area contributed by atoms with Crippen LogP contribution in [0.25, 0.3) is 143 Å². The first kappa shape index (κ1) is 53.7. The molecule has 1 aliphatic rings. The van der Waals surface area contributed by atoms with Gasteiger partial charge in [0.1, 0.15) is 11.3 Å². The molecule has 0 atom stereocenters. The lowest BCUT2D eigenvalue weighted by Gasteiger charge is -2.32. The third-order valence-corrected chi connectivity index (χ3v) is 18.9. The van der Waals surface area contributed by atoms with Crippen LogP contribution in [0.1, 0.15) is 27.7 Å². The number of para-hydroxylation sites is 8. The average molecular weight is 1230 g/mol. The van der Waals surface area contributed by atoms with Crippen molar-refractivity contribution in [2.75, 3.05) is 0 Å². The molecule has 0 saturated carbocycles. The number of benzene rings is 10. The summed E-state index contributed by atoms with van der Waals surface area (Å²) in [5, 5.41) is 9.34. The monoisotopic (exact) mass is 1230 g/mol. The van der Waals surface area contributed by atoms with Crippen LogP contribution in [0.5, 0.6) is 0 Å². The van der Waals surface area contributed by atoms with Gasteiger partial charge in [0.05, 0.1) is 77.4 Å². The summed E-state index contributed by atoms with van der Waals surface area (Å²) in [5.41, 5.74) is 20.0. The SMILES string of the molecule is Brc1ccc2c(c1)c1ccccc1n2-c1ccccc1.CC1(C)OB(c2ccc3c(c2)c2ncccc2c2nc4ccccc4n32)OC1(C)C.c1ccc(-n2c3ccccc3c3cc(-c4ccc5c(c4)c4ncccc4c4nc6ccccc6n54)ccc32)cc1. The Kier molecular flexibility index (Phi) is 12.4. The number of pyridine rings is 4. The molecule has 0 spiro atoms. The van der Waals surface area contributed by atoms with E-state index in [2.05, 4.69) is 286 Å². The fourth-order valence-electron chi connectivity index (χ4n) is 13.5. The van der Waals surface area contributed by atoms with Gasteiger partial charge in [0, 0.05) is 71.3 Å². The summed E-state index contributed by atoms with van der Waals surface area (Å²) in [6, 6.07) is 89.4.